The highest BCUT2D eigenvalue weighted by molar-refractivity contribution is 5.15. The lowest BCUT2D eigenvalue weighted by Crippen LogP contribution is -2.28. The van der Waals surface area contributed by atoms with Crippen LogP contribution in [0.4, 0.5) is 0 Å². The number of ether oxygens (including phenoxy) is 3. The van der Waals surface area contributed by atoms with Crippen LogP contribution in [-0.2, 0) is 14.2 Å². The first-order valence-electron chi connectivity index (χ1n) is 4.81. The first kappa shape index (κ1) is 7.97. The molecule has 72 valence electrons. The molecular formula is C10H14O3. The Morgan fingerprint density at radius 3 is 2.69 bits per heavy atom. The first-order chi connectivity index (χ1) is 6.16. The van der Waals surface area contributed by atoms with E-state index in [1.165, 1.54) is 0 Å². The normalized spacial score (nSPS) is 50.9. The maximum atomic E-state index is 5.82. The van der Waals surface area contributed by atoms with Crippen molar-refractivity contribution in [1.82, 2.24) is 0 Å². The van der Waals surface area contributed by atoms with Crippen molar-refractivity contribution >= 4 is 0 Å². The van der Waals surface area contributed by atoms with Crippen LogP contribution in [0.3, 0.4) is 0 Å². The zero-order chi connectivity index (χ0) is 9.05. The van der Waals surface area contributed by atoms with Crippen molar-refractivity contribution in [3.8, 4) is 0 Å². The Morgan fingerprint density at radius 2 is 2.00 bits per heavy atom. The topological polar surface area (TPSA) is 31.0 Å². The Labute approximate surface area is 77.7 Å². The van der Waals surface area contributed by atoms with Gasteiger partial charge in [0.2, 0.25) is 0 Å². The molecule has 3 heteroatoms. The molecule has 0 N–H and O–H groups in total. The lowest BCUT2D eigenvalue weighted by molar-refractivity contribution is -0.148. The summed E-state index contributed by atoms with van der Waals surface area (Å²) in [6, 6.07) is 0. The van der Waals surface area contributed by atoms with Crippen LogP contribution >= 0.6 is 0 Å². The second kappa shape index (κ2) is 2.35. The van der Waals surface area contributed by atoms with Crippen molar-refractivity contribution < 1.29 is 14.2 Å². The Bertz CT molecular complexity index is 255. The fourth-order valence-electron chi connectivity index (χ4n) is 2.22. The summed E-state index contributed by atoms with van der Waals surface area (Å²) in [5, 5.41) is 0. The molecule has 2 unspecified atom stereocenters. The Hall–Kier alpha value is -0.380. The van der Waals surface area contributed by atoms with E-state index in [1.54, 1.807) is 0 Å². The molecule has 0 aromatic rings. The molecule has 2 aliphatic heterocycles. The standard InChI is InChI=1S/C10H14O3/c1-10(2)12-7-4-3-6(8-5-11-8)9(7)13-10/h3-4,6-9H,5H2,1-2H3/t6-,7?,8?,9+/m0/s1. The lowest BCUT2D eigenvalue weighted by atomic mass is 10.0. The molecule has 4 atom stereocenters. The van der Waals surface area contributed by atoms with Crippen molar-refractivity contribution in [3.63, 3.8) is 0 Å². The van der Waals surface area contributed by atoms with Crippen LogP contribution in [0.15, 0.2) is 12.2 Å². The molecule has 3 nitrogen and oxygen atoms in total. The molecule has 2 saturated heterocycles. The first-order valence-corrected chi connectivity index (χ1v) is 4.81. The van der Waals surface area contributed by atoms with Crippen LogP contribution in [0.5, 0.6) is 0 Å². The van der Waals surface area contributed by atoms with Gasteiger partial charge in [0.1, 0.15) is 6.10 Å². The third-order valence-electron chi connectivity index (χ3n) is 2.85. The van der Waals surface area contributed by atoms with Gasteiger partial charge in [-0.3, -0.25) is 0 Å². The summed E-state index contributed by atoms with van der Waals surface area (Å²) in [6.45, 7) is 4.80. The Balaban J connectivity index is 1.79. The Morgan fingerprint density at radius 1 is 1.23 bits per heavy atom. The van der Waals surface area contributed by atoms with Gasteiger partial charge in [-0.2, -0.15) is 0 Å². The van der Waals surface area contributed by atoms with Crippen LogP contribution in [0, 0.1) is 5.92 Å². The summed E-state index contributed by atoms with van der Waals surface area (Å²) in [5.41, 5.74) is 0. The molecule has 3 aliphatic rings. The monoisotopic (exact) mass is 182 g/mol. The van der Waals surface area contributed by atoms with Crippen LogP contribution in [0.1, 0.15) is 13.8 Å². The third kappa shape index (κ3) is 1.23. The largest absolute Gasteiger partial charge is 0.372 e. The van der Waals surface area contributed by atoms with Crippen LogP contribution in [-0.4, -0.2) is 30.7 Å². The van der Waals surface area contributed by atoms with Gasteiger partial charge in [0, 0.05) is 5.92 Å². The zero-order valence-electron chi connectivity index (χ0n) is 7.90. The second-order valence-corrected chi connectivity index (χ2v) is 4.40. The highest BCUT2D eigenvalue weighted by Gasteiger charge is 2.51. The number of rotatable bonds is 1. The van der Waals surface area contributed by atoms with E-state index in [2.05, 4.69) is 12.2 Å². The molecule has 0 saturated carbocycles. The van der Waals surface area contributed by atoms with Gasteiger partial charge in [-0.1, -0.05) is 12.2 Å². The van der Waals surface area contributed by atoms with Gasteiger partial charge >= 0.3 is 0 Å². The molecule has 1 aliphatic carbocycles. The molecule has 3 rings (SSSR count). The minimum atomic E-state index is -0.423. The van der Waals surface area contributed by atoms with Crippen molar-refractivity contribution in [2.24, 2.45) is 5.92 Å². The summed E-state index contributed by atoms with van der Waals surface area (Å²) >= 11 is 0. The second-order valence-electron chi connectivity index (χ2n) is 4.40. The molecule has 2 heterocycles. The van der Waals surface area contributed by atoms with E-state index in [-0.39, 0.29) is 12.2 Å². The van der Waals surface area contributed by atoms with Crippen LogP contribution in [0.2, 0.25) is 0 Å². The van der Waals surface area contributed by atoms with Gasteiger partial charge < -0.3 is 14.2 Å². The van der Waals surface area contributed by atoms with Crippen molar-refractivity contribution in [2.75, 3.05) is 6.61 Å². The van der Waals surface area contributed by atoms with E-state index in [0.717, 1.165) is 6.61 Å². The predicted octanol–water partition coefficient (Wildman–Crippen LogP) is 1.09. The van der Waals surface area contributed by atoms with E-state index in [1.807, 2.05) is 13.8 Å². The number of fused-ring (bicyclic) bond motifs is 1. The van der Waals surface area contributed by atoms with Crippen molar-refractivity contribution in [1.29, 1.82) is 0 Å². The maximum absolute atomic E-state index is 5.82. The molecule has 0 amide bonds. The van der Waals surface area contributed by atoms with Gasteiger partial charge in [-0.05, 0) is 13.8 Å². The van der Waals surface area contributed by atoms with Crippen LogP contribution < -0.4 is 0 Å². The number of hydrogen-bond donors (Lipinski definition) is 0. The smallest absolute Gasteiger partial charge is 0.164 e. The highest BCUT2D eigenvalue weighted by Crippen LogP contribution is 2.41. The van der Waals surface area contributed by atoms with E-state index < -0.39 is 5.79 Å². The molecule has 13 heavy (non-hydrogen) atoms. The molecule has 0 radical (unpaired) electrons. The lowest BCUT2D eigenvalue weighted by Gasteiger charge is -2.19. The fourth-order valence-corrected chi connectivity index (χ4v) is 2.22. The van der Waals surface area contributed by atoms with Gasteiger partial charge in [0.25, 0.3) is 0 Å². The molecule has 0 aromatic heterocycles. The quantitative estimate of drug-likeness (QED) is 0.449. The zero-order valence-corrected chi connectivity index (χ0v) is 7.90. The van der Waals surface area contributed by atoms with Crippen LogP contribution in [0.25, 0.3) is 0 Å². The van der Waals surface area contributed by atoms with E-state index in [4.69, 9.17) is 14.2 Å². The molecular weight excluding hydrogens is 168 g/mol. The maximum Gasteiger partial charge on any atom is 0.164 e. The minimum Gasteiger partial charge on any atom is -0.372 e. The highest BCUT2D eigenvalue weighted by atomic mass is 16.8. The van der Waals surface area contributed by atoms with E-state index >= 15 is 0 Å². The summed E-state index contributed by atoms with van der Waals surface area (Å²) < 4.78 is 16.8. The summed E-state index contributed by atoms with van der Waals surface area (Å²) in [7, 11) is 0. The van der Waals surface area contributed by atoms with Gasteiger partial charge in [0.05, 0.1) is 18.8 Å². The Kier molecular flexibility index (Phi) is 1.44. The van der Waals surface area contributed by atoms with Gasteiger partial charge in [-0.15, -0.1) is 0 Å². The van der Waals surface area contributed by atoms with Crippen molar-refractivity contribution in [2.45, 2.75) is 37.9 Å². The summed E-state index contributed by atoms with van der Waals surface area (Å²) in [5.74, 6) is -0.0143. The summed E-state index contributed by atoms with van der Waals surface area (Å²) in [4.78, 5) is 0. The summed E-state index contributed by atoms with van der Waals surface area (Å²) in [6.07, 6.45) is 4.98. The minimum absolute atomic E-state index is 0.143. The predicted molar refractivity (Wildman–Crippen MR) is 46.2 cm³/mol. The molecule has 2 fully saturated rings. The van der Waals surface area contributed by atoms with Crippen molar-refractivity contribution in [3.05, 3.63) is 12.2 Å². The molecule has 0 bridgehead atoms. The number of hydrogen-bond acceptors (Lipinski definition) is 3. The SMILES string of the molecule is CC1(C)OC2C=C[C@@H](C3CO3)[C@H]2O1. The third-order valence-corrected chi connectivity index (χ3v) is 2.85. The van der Waals surface area contributed by atoms with Gasteiger partial charge in [0.15, 0.2) is 5.79 Å². The van der Waals surface area contributed by atoms with E-state index in [0.29, 0.717) is 12.0 Å². The van der Waals surface area contributed by atoms with Gasteiger partial charge in [-0.25, -0.2) is 0 Å². The average molecular weight is 182 g/mol. The number of epoxide rings is 1. The average Bonchev–Trinajstić information content (AvgIpc) is 2.72. The van der Waals surface area contributed by atoms with E-state index in [9.17, 15) is 0 Å². The fraction of sp³-hybridized carbons (Fsp3) is 0.800. The molecule has 0 aromatic carbocycles. The molecule has 0 spiro atoms.